The summed E-state index contributed by atoms with van der Waals surface area (Å²) in [7, 11) is -3.83. The Kier molecular flexibility index (Phi) is 5.06. The van der Waals surface area contributed by atoms with E-state index in [2.05, 4.69) is 20.0 Å². The minimum Gasteiger partial charge on any atom is -0.367 e. The fraction of sp³-hybridized carbons (Fsp3) is 0.176. The van der Waals surface area contributed by atoms with E-state index in [4.69, 9.17) is 11.6 Å². The van der Waals surface area contributed by atoms with E-state index in [1.807, 2.05) is 25.1 Å². The predicted molar refractivity (Wildman–Crippen MR) is 101 cm³/mol. The molecule has 0 fully saturated rings. The summed E-state index contributed by atoms with van der Waals surface area (Å²) in [5.74, 6) is 0.554. The van der Waals surface area contributed by atoms with Crippen LogP contribution in [0.25, 0.3) is 11.0 Å². The van der Waals surface area contributed by atoms with Gasteiger partial charge in [0, 0.05) is 11.6 Å². The number of nitrogens with zero attached hydrogens (tertiary/aromatic N) is 2. The average molecular weight is 377 g/mol. The zero-order chi connectivity index (χ0) is 17.9. The fourth-order valence-electron chi connectivity index (χ4n) is 2.26. The van der Waals surface area contributed by atoms with Crippen molar-refractivity contribution in [1.82, 2.24) is 9.97 Å². The molecule has 25 heavy (non-hydrogen) atoms. The van der Waals surface area contributed by atoms with Gasteiger partial charge >= 0.3 is 0 Å². The summed E-state index contributed by atoms with van der Waals surface area (Å²) in [6, 6.07) is 13.4. The van der Waals surface area contributed by atoms with Crippen molar-refractivity contribution < 1.29 is 8.42 Å². The molecule has 0 aliphatic rings. The zero-order valence-corrected chi connectivity index (χ0v) is 15.1. The van der Waals surface area contributed by atoms with Crippen LogP contribution in [0.3, 0.4) is 0 Å². The van der Waals surface area contributed by atoms with Crippen molar-refractivity contribution in [1.29, 1.82) is 0 Å². The largest absolute Gasteiger partial charge is 0.367 e. The first kappa shape index (κ1) is 17.4. The molecule has 8 heteroatoms. The molecular weight excluding hydrogens is 360 g/mol. The van der Waals surface area contributed by atoms with Crippen molar-refractivity contribution in [2.75, 3.05) is 16.6 Å². The SMILES string of the molecule is CCCNc1nc2ccccc2nc1NS(=O)(=O)c1cccc(Cl)c1. The average Bonchev–Trinajstić information content (AvgIpc) is 2.59. The molecule has 3 aromatic rings. The van der Waals surface area contributed by atoms with Crippen LogP contribution in [0.1, 0.15) is 13.3 Å². The van der Waals surface area contributed by atoms with E-state index in [0.717, 1.165) is 6.42 Å². The first-order valence-electron chi connectivity index (χ1n) is 7.78. The van der Waals surface area contributed by atoms with Gasteiger partial charge in [-0.05, 0) is 36.8 Å². The molecule has 0 saturated heterocycles. The molecule has 0 atom stereocenters. The molecule has 0 aliphatic carbocycles. The third-order valence-corrected chi connectivity index (χ3v) is 5.02. The number of anilines is 2. The van der Waals surface area contributed by atoms with Crippen LogP contribution >= 0.6 is 11.6 Å². The lowest BCUT2D eigenvalue weighted by molar-refractivity contribution is 0.601. The summed E-state index contributed by atoms with van der Waals surface area (Å²) in [6.45, 7) is 2.66. The van der Waals surface area contributed by atoms with Crippen molar-refractivity contribution in [3.05, 3.63) is 53.6 Å². The van der Waals surface area contributed by atoms with Crippen LogP contribution in [0.4, 0.5) is 11.6 Å². The monoisotopic (exact) mass is 376 g/mol. The van der Waals surface area contributed by atoms with Gasteiger partial charge < -0.3 is 5.32 Å². The molecule has 0 bridgehead atoms. The molecule has 2 N–H and O–H groups in total. The summed E-state index contributed by atoms with van der Waals surface area (Å²) in [4.78, 5) is 8.96. The van der Waals surface area contributed by atoms with E-state index in [9.17, 15) is 8.42 Å². The van der Waals surface area contributed by atoms with Gasteiger partial charge in [0.1, 0.15) is 0 Å². The van der Waals surface area contributed by atoms with E-state index in [-0.39, 0.29) is 10.7 Å². The van der Waals surface area contributed by atoms with E-state index in [1.165, 1.54) is 12.1 Å². The number of hydrogen-bond donors (Lipinski definition) is 2. The van der Waals surface area contributed by atoms with Crippen LogP contribution < -0.4 is 10.0 Å². The van der Waals surface area contributed by atoms with Crippen molar-refractivity contribution in [2.45, 2.75) is 18.2 Å². The van der Waals surface area contributed by atoms with E-state index in [0.29, 0.717) is 28.4 Å². The molecule has 0 amide bonds. The third kappa shape index (κ3) is 4.00. The number of sulfonamides is 1. The van der Waals surface area contributed by atoms with Crippen LogP contribution in [0.15, 0.2) is 53.4 Å². The second kappa shape index (κ2) is 7.25. The van der Waals surface area contributed by atoms with Gasteiger partial charge in [0.2, 0.25) is 0 Å². The Morgan fingerprint density at radius 3 is 2.32 bits per heavy atom. The van der Waals surface area contributed by atoms with Crippen LogP contribution in [0.2, 0.25) is 5.02 Å². The van der Waals surface area contributed by atoms with Crippen molar-refractivity contribution in [3.63, 3.8) is 0 Å². The lowest BCUT2D eigenvalue weighted by atomic mass is 10.3. The van der Waals surface area contributed by atoms with Crippen LogP contribution in [0, 0.1) is 0 Å². The maximum Gasteiger partial charge on any atom is 0.263 e. The summed E-state index contributed by atoms with van der Waals surface area (Å²) >= 11 is 5.90. The quantitative estimate of drug-likeness (QED) is 0.681. The molecule has 2 aromatic carbocycles. The highest BCUT2D eigenvalue weighted by Gasteiger charge is 2.19. The number of hydrogen-bond acceptors (Lipinski definition) is 5. The maximum absolute atomic E-state index is 12.7. The minimum atomic E-state index is -3.83. The van der Waals surface area contributed by atoms with Gasteiger partial charge in [-0.25, -0.2) is 18.4 Å². The standard InChI is InChI=1S/C17H17ClN4O2S/c1-2-10-19-16-17(21-15-9-4-3-8-14(15)20-16)22-25(23,24)13-7-5-6-12(18)11-13/h3-9,11H,2,10H2,1H3,(H,19,20)(H,21,22). The molecule has 1 heterocycles. The molecule has 0 unspecified atom stereocenters. The highest BCUT2D eigenvalue weighted by molar-refractivity contribution is 7.92. The molecule has 0 spiro atoms. The molecule has 0 saturated carbocycles. The lowest BCUT2D eigenvalue weighted by Crippen LogP contribution is -2.17. The molecule has 1 aromatic heterocycles. The number of fused-ring (bicyclic) bond motifs is 1. The van der Waals surface area contributed by atoms with Gasteiger partial charge in [-0.3, -0.25) is 4.72 Å². The van der Waals surface area contributed by atoms with Crippen molar-refractivity contribution in [2.24, 2.45) is 0 Å². The zero-order valence-electron chi connectivity index (χ0n) is 13.5. The highest BCUT2D eigenvalue weighted by Crippen LogP contribution is 2.25. The third-order valence-electron chi connectivity index (χ3n) is 3.45. The van der Waals surface area contributed by atoms with Crippen LogP contribution in [0.5, 0.6) is 0 Å². The smallest absolute Gasteiger partial charge is 0.263 e. The van der Waals surface area contributed by atoms with Crippen molar-refractivity contribution in [3.8, 4) is 0 Å². The fourth-order valence-corrected chi connectivity index (χ4v) is 3.57. The first-order valence-corrected chi connectivity index (χ1v) is 9.65. The van der Waals surface area contributed by atoms with Gasteiger partial charge in [-0.2, -0.15) is 0 Å². The Bertz CT molecular complexity index is 1010. The molecular formula is C17H17ClN4O2S. The van der Waals surface area contributed by atoms with Crippen LogP contribution in [-0.2, 0) is 10.0 Å². The summed E-state index contributed by atoms with van der Waals surface area (Å²) in [5, 5.41) is 3.46. The Morgan fingerprint density at radius 1 is 1.00 bits per heavy atom. The van der Waals surface area contributed by atoms with Gasteiger partial charge in [0.15, 0.2) is 11.6 Å². The highest BCUT2D eigenvalue weighted by atomic mass is 35.5. The van der Waals surface area contributed by atoms with Gasteiger partial charge in [0.05, 0.1) is 15.9 Å². The molecule has 6 nitrogen and oxygen atoms in total. The summed E-state index contributed by atoms with van der Waals surface area (Å²) in [6.07, 6.45) is 0.870. The Balaban J connectivity index is 2.04. The second-order valence-electron chi connectivity index (χ2n) is 5.40. The van der Waals surface area contributed by atoms with Crippen molar-refractivity contribution >= 4 is 44.3 Å². The Labute approximate surface area is 151 Å². The Hall–Kier alpha value is -2.38. The number of benzene rings is 2. The number of halogens is 1. The van der Waals surface area contributed by atoms with Crippen LogP contribution in [-0.4, -0.2) is 24.9 Å². The van der Waals surface area contributed by atoms with Gasteiger partial charge in [0.25, 0.3) is 10.0 Å². The summed E-state index contributed by atoms with van der Waals surface area (Å²) in [5.41, 5.74) is 1.29. The number of nitrogens with one attached hydrogen (secondary N) is 2. The minimum absolute atomic E-state index is 0.0661. The second-order valence-corrected chi connectivity index (χ2v) is 7.52. The maximum atomic E-state index is 12.7. The molecule has 3 rings (SSSR count). The van der Waals surface area contributed by atoms with Gasteiger partial charge in [-0.15, -0.1) is 0 Å². The number of para-hydroxylation sites is 2. The van der Waals surface area contributed by atoms with E-state index < -0.39 is 10.0 Å². The van der Waals surface area contributed by atoms with Gasteiger partial charge in [-0.1, -0.05) is 36.7 Å². The molecule has 0 aliphatic heterocycles. The number of aromatic nitrogens is 2. The topological polar surface area (TPSA) is 84.0 Å². The number of rotatable bonds is 6. The molecule has 0 radical (unpaired) electrons. The normalized spacial score (nSPS) is 11.4. The lowest BCUT2D eigenvalue weighted by Gasteiger charge is -2.13. The Morgan fingerprint density at radius 2 is 1.68 bits per heavy atom. The summed E-state index contributed by atoms with van der Waals surface area (Å²) < 4.78 is 27.8. The first-order chi connectivity index (χ1) is 12.0. The molecule has 130 valence electrons. The predicted octanol–water partition coefficient (Wildman–Crippen LogP) is 3.91. The van der Waals surface area contributed by atoms with E-state index >= 15 is 0 Å². The van der Waals surface area contributed by atoms with E-state index in [1.54, 1.807) is 18.2 Å².